The molecule has 1 aliphatic rings. The molecule has 4 nitrogen and oxygen atoms in total. The Kier molecular flexibility index (Phi) is 4.76. The Morgan fingerprint density at radius 2 is 1.83 bits per heavy atom. The van der Waals surface area contributed by atoms with E-state index in [0.29, 0.717) is 13.0 Å². The van der Waals surface area contributed by atoms with Crippen molar-refractivity contribution in [2.45, 2.75) is 12.3 Å². The largest absolute Gasteiger partial charge is 0.333 e. The highest BCUT2D eigenvalue weighted by Gasteiger charge is 2.31. The highest BCUT2D eigenvalue weighted by Crippen LogP contribution is 2.27. The zero-order valence-electron chi connectivity index (χ0n) is 12.5. The summed E-state index contributed by atoms with van der Waals surface area (Å²) in [6, 6.07) is 17.3. The van der Waals surface area contributed by atoms with E-state index in [9.17, 15) is 9.59 Å². The van der Waals surface area contributed by atoms with Crippen LogP contribution in [0.15, 0.2) is 59.1 Å². The summed E-state index contributed by atoms with van der Waals surface area (Å²) in [7, 11) is 0. The predicted octanol–water partition coefficient (Wildman–Crippen LogP) is 3.40. The van der Waals surface area contributed by atoms with Gasteiger partial charge in [-0.05, 0) is 29.8 Å². The number of hydrogen-bond acceptors (Lipinski definition) is 2. The van der Waals surface area contributed by atoms with Crippen molar-refractivity contribution in [3.05, 3.63) is 64.6 Å². The number of likely N-dealkylation sites (tertiary alicyclic amines) is 1. The summed E-state index contributed by atoms with van der Waals surface area (Å²) in [4.78, 5) is 25.9. The van der Waals surface area contributed by atoms with Crippen molar-refractivity contribution >= 4 is 33.4 Å². The molecule has 23 heavy (non-hydrogen) atoms. The first-order valence-corrected chi connectivity index (χ1v) is 8.29. The van der Waals surface area contributed by atoms with Crippen LogP contribution in [-0.4, -0.2) is 29.8 Å². The Hall–Kier alpha value is -2.14. The maximum absolute atomic E-state index is 12.1. The van der Waals surface area contributed by atoms with Crippen LogP contribution < -0.4 is 5.32 Å². The lowest BCUT2D eigenvalue weighted by molar-refractivity contribution is -0.131. The van der Waals surface area contributed by atoms with E-state index in [0.717, 1.165) is 15.7 Å². The molecule has 1 N–H and O–H groups in total. The number of anilines is 1. The minimum Gasteiger partial charge on any atom is -0.333 e. The number of nitrogens with zero attached hydrogens (tertiary/aromatic N) is 1. The first kappa shape index (κ1) is 15.7. The van der Waals surface area contributed by atoms with Crippen LogP contribution in [0.1, 0.15) is 17.9 Å². The van der Waals surface area contributed by atoms with Crippen LogP contribution in [0.4, 0.5) is 5.69 Å². The van der Waals surface area contributed by atoms with Crippen LogP contribution in [0, 0.1) is 0 Å². The van der Waals surface area contributed by atoms with E-state index in [1.54, 1.807) is 4.90 Å². The van der Waals surface area contributed by atoms with Crippen LogP contribution in [0.25, 0.3) is 0 Å². The molecule has 118 valence electrons. The maximum Gasteiger partial charge on any atom is 0.243 e. The Labute approximate surface area is 143 Å². The van der Waals surface area contributed by atoms with Gasteiger partial charge in [0.25, 0.3) is 0 Å². The van der Waals surface area contributed by atoms with Crippen molar-refractivity contribution < 1.29 is 9.59 Å². The highest BCUT2D eigenvalue weighted by molar-refractivity contribution is 9.10. The molecular formula is C18H17BrN2O2. The second-order valence-electron chi connectivity index (χ2n) is 5.64. The molecule has 2 aromatic rings. The van der Waals surface area contributed by atoms with Crippen LogP contribution in [0.2, 0.25) is 0 Å². The van der Waals surface area contributed by atoms with Crippen LogP contribution >= 0.6 is 15.9 Å². The predicted molar refractivity (Wildman–Crippen MR) is 93.2 cm³/mol. The summed E-state index contributed by atoms with van der Waals surface area (Å²) >= 11 is 3.35. The number of amides is 2. The third-order valence-electron chi connectivity index (χ3n) is 3.95. The molecule has 1 unspecified atom stereocenters. The monoisotopic (exact) mass is 372 g/mol. The minimum atomic E-state index is -0.172. The van der Waals surface area contributed by atoms with Gasteiger partial charge in [0, 0.05) is 29.0 Å². The molecule has 0 bridgehead atoms. The SMILES string of the molecule is O=C(CN1CC(c2ccccc2)CC1=O)Nc1ccc(Br)cc1. The summed E-state index contributed by atoms with van der Waals surface area (Å²) in [6.45, 7) is 0.689. The van der Waals surface area contributed by atoms with Gasteiger partial charge < -0.3 is 10.2 Å². The topological polar surface area (TPSA) is 49.4 Å². The number of hydrogen-bond donors (Lipinski definition) is 1. The van der Waals surface area contributed by atoms with Crippen molar-refractivity contribution in [2.24, 2.45) is 0 Å². The highest BCUT2D eigenvalue weighted by atomic mass is 79.9. The van der Waals surface area contributed by atoms with Gasteiger partial charge >= 0.3 is 0 Å². The molecule has 0 radical (unpaired) electrons. The standard InChI is InChI=1S/C18H17BrN2O2/c19-15-6-8-16(9-7-15)20-17(22)12-21-11-14(10-18(21)23)13-4-2-1-3-5-13/h1-9,14H,10-12H2,(H,20,22). The maximum atomic E-state index is 12.1. The molecule has 2 amide bonds. The van der Waals surface area contributed by atoms with E-state index in [1.165, 1.54) is 0 Å². The smallest absolute Gasteiger partial charge is 0.243 e. The fraction of sp³-hybridized carbons (Fsp3) is 0.222. The van der Waals surface area contributed by atoms with Crippen molar-refractivity contribution in [3.63, 3.8) is 0 Å². The second-order valence-corrected chi connectivity index (χ2v) is 6.56. The molecule has 3 rings (SSSR count). The van der Waals surface area contributed by atoms with E-state index in [4.69, 9.17) is 0 Å². The molecule has 1 fully saturated rings. The van der Waals surface area contributed by atoms with Crippen molar-refractivity contribution in [1.29, 1.82) is 0 Å². The zero-order chi connectivity index (χ0) is 16.2. The van der Waals surface area contributed by atoms with Gasteiger partial charge in [0.2, 0.25) is 11.8 Å². The Morgan fingerprint density at radius 3 is 2.52 bits per heavy atom. The number of benzene rings is 2. The quantitative estimate of drug-likeness (QED) is 0.893. The van der Waals surface area contributed by atoms with Gasteiger partial charge in [-0.1, -0.05) is 46.3 Å². The molecular weight excluding hydrogens is 356 g/mol. The van der Waals surface area contributed by atoms with Crippen LogP contribution in [0.3, 0.4) is 0 Å². The van der Waals surface area contributed by atoms with Crippen LogP contribution in [-0.2, 0) is 9.59 Å². The number of halogens is 1. The Bertz CT molecular complexity index is 701. The van der Waals surface area contributed by atoms with E-state index in [1.807, 2.05) is 54.6 Å². The summed E-state index contributed by atoms with van der Waals surface area (Å²) in [5.74, 6) is 0.0309. The molecule has 0 aliphatic carbocycles. The number of carbonyl (C=O) groups excluding carboxylic acids is 2. The van der Waals surface area contributed by atoms with Gasteiger partial charge in [0.15, 0.2) is 0 Å². The van der Waals surface area contributed by atoms with Crippen molar-refractivity contribution in [2.75, 3.05) is 18.4 Å². The summed E-state index contributed by atoms with van der Waals surface area (Å²) < 4.78 is 0.955. The first-order chi connectivity index (χ1) is 11.1. The fourth-order valence-corrected chi connectivity index (χ4v) is 3.04. The lowest BCUT2D eigenvalue weighted by atomic mass is 9.99. The molecule has 1 saturated heterocycles. The van der Waals surface area contributed by atoms with E-state index >= 15 is 0 Å². The van der Waals surface area contributed by atoms with Crippen molar-refractivity contribution in [1.82, 2.24) is 4.90 Å². The third kappa shape index (κ3) is 3.99. The van der Waals surface area contributed by atoms with Gasteiger partial charge in [-0.3, -0.25) is 9.59 Å². The average Bonchev–Trinajstić information content (AvgIpc) is 2.91. The molecule has 0 spiro atoms. The van der Waals surface area contributed by atoms with E-state index < -0.39 is 0 Å². The molecule has 2 aromatic carbocycles. The average molecular weight is 373 g/mol. The summed E-state index contributed by atoms with van der Waals surface area (Å²) in [5, 5.41) is 2.82. The fourth-order valence-electron chi connectivity index (χ4n) is 2.78. The molecule has 0 saturated carbocycles. The lowest BCUT2D eigenvalue weighted by Gasteiger charge is -2.16. The molecule has 1 atom stereocenters. The normalized spacial score (nSPS) is 17.3. The third-order valence-corrected chi connectivity index (χ3v) is 4.48. The number of carbonyl (C=O) groups is 2. The molecule has 5 heteroatoms. The summed E-state index contributed by atoms with van der Waals surface area (Å²) in [5.41, 5.74) is 1.88. The molecule has 1 aliphatic heterocycles. The second kappa shape index (κ2) is 6.96. The molecule has 0 aromatic heterocycles. The van der Waals surface area contributed by atoms with Gasteiger partial charge in [0.05, 0.1) is 6.54 Å². The summed E-state index contributed by atoms with van der Waals surface area (Å²) in [6.07, 6.45) is 0.468. The first-order valence-electron chi connectivity index (χ1n) is 7.50. The van der Waals surface area contributed by atoms with E-state index in [2.05, 4.69) is 21.2 Å². The van der Waals surface area contributed by atoms with Gasteiger partial charge in [-0.25, -0.2) is 0 Å². The molecule has 1 heterocycles. The van der Waals surface area contributed by atoms with E-state index in [-0.39, 0.29) is 24.3 Å². The Balaban J connectivity index is 1.58. The van der Waals surface area contributed by atoms with Crippen LogP contribution in [0.5, 0.6) is 0 Å². The number of rotatable bonds is 4. The lowest BCUT2D eigenvalue weighted by Crippen LogP contribution is -2.34. The number of nitrogens with one attached hydrogen (secondary N) is 1. The van der Waals surface area contributed by atoms with Gasteiger partial charge in [-0.15, -0.1) is 0 Å². The minimum absolute atomic E-state index is 0.0322. The van der Waals surface area contributed by atoms with Gasteiger partial charge in [-0.2, -0.15) is 0 Å². The zero-order valence-corrected chi connectivity index (χ0v) is 14.1. The van der Waals surface area contributed by atoms with Crippen molar-refractivity contribution in [3.8, 4) is 0 Å². The Morgan fingerprint density at radius 1 is 1.13 bits per heavy atom. The van der Waals surface area contributed by atoms with Gasteiger partial charge in [0.1, 0.15) is 0 Å².